The van der Waals surface area contributed by atoms with E-state index < -0.39 is 0 Å². The van der Waals surface area contributed by atoms with Gasteiger partial charge >= 0.3 is 0 Å². The number of rotatable bonds is 2. The predicted octanol–water partition coefficient (Wildman–Crippen LogP) is 0.213. The van der Waals surface area contributed by atoms with E-state index >= 15 is 0 Å². The number of morpholine rings is 1. The Balaban J connectivity index is 2.41. The summed E-state index contributed by atoms with van der Waals surface area (Å²) in [4.78, 5) is 23.8. The smallest absolute Gasteiger partial charge is 0.230 e. The van der Waals surface area contributed by atoms with E-state index in [1.165, 1.54) is 6.92 Å². The van der Waals surface area contributed by atoms with Crippen LogP contribution in [-0.2, 0) is 14.3 Å². The van der Waals surface area contributed by atoms with Crippen LogP contribution in [0.5, 0.6) is 0 Å². The third-order valence-corrected chi connectivity index (χ3v) is 1.99. The molecule has 0 aromatic heterocycles. The number of carbonyl (C=O) groups is 2. The SMILES string of the molecule is CC(=O)CC(=O)N1CCOC(C)C1. The fourth-order valence-corrected chi connectivity index (χ4v) is 1.37. The van der Waals surface area contributed by atoms with Crippen molar-refractivity contribution in [3.63, 3.8) is 0 Å². The Morgan fingerprint density at radius 2 is 2.23 bits per heavy atom. The molecule has 0 spiro atoms. The molecule has 1 atom stereocenters. The van der Waals surface area contributed by atoms with Gasteiger partial charge in [-0.25, -0.2) is 0 Å². The number of ether oxygens (including phenoxy) is 1. The zero-order valence-corrected chi connectivity index (χ0v) is 8.08. The summed E-state index contributed by atoms with van der Waals surface area (Å²) in [7, 11) is 0. The summed E-state index contributed by atoms with van der Waals surface area (Å²) in [5.74, 6) is -0.160. The van der Waals surface area contributed by atoms with Gasteiger partial charge in [-0.1, -0.05) is 0 Å². The van der Waals surface area contributed by atoms with Crippen molar-refractivity contribution in [1.82, 2.24) is 4.90 Å². The van der Waals surface area contributed by atoms with Gasteiger partial charge in [0.2, 0.25) is 5.91 Å². The predicted molar refractivity (Wildman–Crippen MR) is 47.3 cm³/mol. The monoisotopic (exact) mass is 185 g/mol. The van der Waals surface area contributed by atoms with Crippen LogP contribution < -0.4 is 0 Å². The molecule has 0 bridgehead atoms. The zero-order chi connectivity index (χ0) is 9.84. The standard InChI is InChI=1S/C9H15NO3/c1-7(11)5-9(12)10-3-4-13-8(2)6-10/h8H,3-6H2,1-2H3. The second kappa shape index (κ2) is 4.37. The van der Waals surface area contributed by atoms with Gasteiger partial charge in [0.25, 0.3) is 0 Å². The van der Waals surface area contributed by atoms with Crippen LogP contribution in [0.25, 0.3) is 0 Å². The molecule has 1 aliphatic rings. The molecule has 1 amide bonds. The molecule has 13 heavy (non-hydrogen) atoms. The molecule has 0 aromatic rings. The number of nitrogens with zero attached hydrogens (tertiary/aromatic N) is 1. The quantitative estimate of drug-likeness (QED) is 0.578. The molecular weight excluding hydrogens is 170 g/mol. The van der Waals surface area contributed by atoms with E-state index in [2.05, 4.69) is 0 Å². The highest BCUT2D eigenvalue weighted by molar-refractivity contribution is 5.96. The van der Waals surface area contributed by atoms with E-state index in [-0.39, 0.29) is 24.2 Å². The molecular formula is C9H15NO3. The molecule has 0 aliphatic carbocycles. The second-order valence-corrected chi connectivity index (χ2v) is 3.40. The van der Waals surface area contributed by atoms with Crippen molar-refractivity contribution in [2.75, 3.05) is 19.7 Å². The lowest BCUT2D eigenvalue weighted by atomic mass is 10.2. The average Bonchev–Trinajstić information content (AvgIpc) is 2.03. The number of amides is 1. The topological polar surface area (TPSA) is 46.6 Å². The third kappa shape index (κ3) is 3.14. The fraction of sp³-hybridized carbons (Fsp3) is 0.778. The van der Waals surface area contributed by atoms with Crippen LogP contribution in [-0.4, -0.2) is 42.4 Å². The second-order valence-electron chi connectivity index (χ2n) is 3.40. The molecule has 1 rings (SSSR count). The van der Waals surface area contributed by atoms with Crippen molar-refractivity contribution >= 4 is 11.7 Å². The Hall–Kier alpha value is -0.900. The van der Waals surface area contributed by atoms with Crippen LogP contribution in [0.3, 0.4) is 0 Å². The van der Waals surface area contributed by atoms with Gasteiger partial charge in [0.1, 0.15) is 5.78 Å². The van der Waals surface area contributed by atoms with Crippen molar-refractivity contribution < 1.29 is 14.3 Å². The molecule has 0 aromatic carbocycles. The van der Waals surface area contributed by atoms with Crippen LogP contribution in [0, 0.1) is 0 Å². The number of ketones is 1. The largest absolute Gasteiger partial charge is 0.375 e. The summed E-state index contributed by atoms with van der Waals surface area (Å²) in [6.07, 6.45) is 0.108. The van der Waals surface area contributed by atoms with E-state index in [9.17, 15) is 9.59 Å². The maximum Gasteiger partial charge on any atom is 0.230 e. The Morgan fingerprint density at radius 1 is 1.54 bits per heavy atom. The van der Waals surface area contributed by atoms with Gasteiger partial charge < -0.3 is 9.64 Å². The number of carbonyl (C=O) groups excluding carboxylic acids is 2. The lowest BCUT2D eigenvalue weighted by Gasteiger charge is -2.30. The van der Waals surface area contributed by atoms with Crippen LogP contribution in [0.4, 0.5) is 0 Å². The third-order valence-electron chi connectivity index (χ3n) is 1.99. The summed E-state index contributed by atoms with van der Waals surface area (Å²) in [6.45, 7) is 5.14. The summed E-state index contributed by atoms with van der Waals surface area (Å²) in [6, 6.07) is 0. The molecule has 0 radical (unpaired) electrons. The molecule has 74 valence electrons. The van der Waals surface area contributed by atoms with Gasteiger partial charge in [-0.2, -0.15) is 0 Å². The minimum atomic E-state index is -0.0809. The Morgan fingerprint density at radius 3 is 2.77 bits per heavy atom. The van der Waals surface area contributed by atoms with Gasteiger partial charge in [0.15, 0.2) is 0 Å². The van der Waals surface area contributed by atoms with Gasteiger partial charge in [-0.3, -0.25) is 9.59 Å². The molecule has 1 heterocycles. The zero-order valence-electron chi connectivity index (χ0n) is 8.08. The molecule has 1 aliphatic heterocycles. The summed E-state index contributed by atoms with van der Waals surface area (Å²) in [5.41, 5.74) is 0. The van der Waals surface area contributed by atoms with E-state index in [4.69, 9.17) is 4.74 Å². The van der Waals surface area contributed by atoms with E-state index in [1.54, 1.807) is 4.90 Å². The summed E-state index contributed by atoms with van der Waals surface area (Å²) in [5, 5.41) is 0. The average molecular weight is 185 g/mol. The maximum absolute atomic E-state index is 11.4. The van der Waals surface area contributed by atoms with Crippen molar-refractivity contribution in [1.29, 1.82) is 0 Å². The number of hydrogen-bond donors (Lipinski definition) is 0. The normalized spacial score (nSPS) is 22.9. The maximum atomic E-state index is 11.4. The summed E-state index contributed by atoms with van der Waals surface area (Å²) >= 11 is 0. The number of Topliss-reactive ketones (excluding diaryl/α,β-unsaturated/α-hetero) is 1. The molecule has 4 nitrogen and oxygen atoms in total. The van der Waals surface area contributed by atoms with Crippen LogP contribution in [0.2, 0.25) is 0 Å². The first-order valence-electron chi connectivity index (χ1n) is 4.48. The van der Waals surface area contributed by atoms with Crippen molar-refractivity contribution in [3.8, 4) is 0 Å². The molecule has 1 fully saturated rings. The molecule has 4 heteroatoms. The highest BCUT2D eigenvalue weighted by atomic mass is 16.5. The Labute approximate surface area is 77.8 Å². The van der Waals surface area contributed by atoms with E-state index in [1.807, 2.05) is 6.92 Å². The molecule has 1 unspecified atom stereocenters. The Kier molecular flexibility index (Phi) is 3.42. The lowest BCUT2D eigenvalue weighted by Crippen LogP contribution is -2.44. The first-order valence-corrected chi connectivity index (χ1v) is 4.48. The van der Waals surface area contributed by atoms with Crippen LogP contribution >= 0.6 is 0 Å². The minimum Gasteiger partial charge on any atom is -0.375 e. The van der Waals surface area contributed by atoms with Crippen LogP contribution in [0.1, 0.15) is 20.3 Å². The molecule has 1 saturated heterocycles. The van der Waals surface area contributed by atoms with Crippen molar-refractivity contribution in [2.24, 2.45) is 0 Å². The highest BCUT2D eigenvalue weighted by Crippen LogP contribution is 2.05. The minimum absolute atomic E-state index is 0.0206. The van der Waals surface area contributed by atoms with Crippen molar-refractivity contribution in [2.45, 2.75) is 26.4 Å². The van der Waals surface area contributed by atoms with E-state index in [0.29, 0.717) is 19.7 Å². The highest BCUT2D eigenvalue weighted by Gasteiger charge is 2.21. The lowest BCUT2D eigenvalue weighted by molar-refractivity contribution is -0.140. The first kappa shape index (κ1) is 10.2. The van der Waals surface area contributed by atoms with Crippen LogP contribution in [0.15, 0.2) is 0 Å². The van der Waals surface area contributed by atoms with Gasteiger partial charge in [0.05, 0.1) is 19.1 Å². The first-order chi connectivity index (χ1) is 6.09. The fourth-order valence-electron chi connectivity index (χ4n) is 1.37. The number of hydrogen-bond acceptors (Lipinski definition) is 3. The van der Waals surface area contributed by atoms with Crippen molar-refractivity contribution in [3.05, 3.63) is 0 Å². The van der Waals surface area contributed by atoms with Gasteiger partial charge in [0, 0.05) is 13.1 Å². The molecule has 0 N–H and O–H groups in total. The molecule has 0 saturated carbocycles. The Bertz CT molecular complexity index is 215. The van der Waals surface area contributed by atoms with Gasteiger partial charge in [-0.05, 0) is 13.8 Å². The van der Waals surface area contributed by atoms with E-state index in [0.717, 1.165) is 0 Å². The summed E-state index contributed by atoms with van der Waals surface area (Å²) < 4.78 is 5.28. The van der Waals surface area contributed by atoms with Gasteiger partial charge in [-0.15, -0.1) is 0 Å².